The Balaban J connectivity index is 2.31. The summed E-state index contributed by atoms with van der Waals surface area (Å²) in [4.78, 5) is 0. The molecule has 2 unspecified atom stereocenters. The molecule has 1 rings (SSSR count). The van der Waals surface area contributed by atoms with Gasteiger partial charge in [-0.25, -0.2) is 0 Å². The Bertz CT molecular complexity index is 161. The van der Waals surface area contributed by atoms with Gasteiger partial charge in [-0.1, -0.05) is 46.5 Å². The maximum atomic E-state index is 3.92. The molecule has 96 valence electrons. The van der Waals surface area contributed by atoms with E-state index in [1.54, 1.807) is 0 Å². The Labute approximate surface area is 102 Å². The van der Waals surface area contributed by atoms with E-state index in [9.17, 15) is 0 Å². The predicted molar refractivity (Wildman–Crippen MR) is 72.8 cm³/mol. The van der Waals surface area contributed by atoms with Gasteiger partial charge in [-0.15, -0.1) is 0 Å². The van der Waals surface area contributed by atoms with E-state index in [-0.39, 0.29) is 0 Å². The Morgan fingerprint density at radius 2 is 1.69 bits per heavy atom. The molecule has 0 aromatic carbocycles. The third kappa shape index (κ3) is 5.34. The second-order valence-electron chi connectivity index (χ2n) is 5.75. The Kier molecular flexibility index (Phi) is 7.11. The fraction of sp³-hybridized carbons (Fsp3) is 1.00. The minimum absolute atomic E-state index is 0.786. The van der Waals surface area contributed by atoms with Crippen molar-refractivity contribution >= 4 is 0 Å². The molecule has 1 fully saturated rings. The molecular weight excluding hydrogens is 194 g/mol. The first-order chi connectivity index (χ1) is 7.76. The van der Waals surface area contributed by atoms with E-state index in [0.29, 0.717) is 0 Å². The predicted octanol–water partition coefficient (Wildman–Crippen LogP) is 4.51. The molecule has 0 spiro atoms. The van der Waals surface area contributed by atoms with Gasteiger partial charge in [0, 0.05) is 12.1 Å². The molecule has 0 aromatic heterocycles. The Morgan fingerprint density at radius 1 is 1.00 bits per heavy atom. The van der Waals surface area contributed by atoms with Gasteiger partial charge in [-0.05, 0) is 38.0 Å². The molecule has 0 amide bonds. The molecule has 0 aliphatic heterocycles. The molecule has 1 aliphatic rings. The lowest BCUT2D eigenvalue weighted by atomic mass is 10.0. The van der Waals surface area contributed by atoms with Crippen molar-refractivity contribution in [3.63, 3.8) is 0 Å². The normalized spacial score (nSPS) is 27.0. The molecule has 0 radical (unpaired) electrons. The lowest BCUT2D eigenvalue weighted by Gasteiger charge is -2.24. The molecular formula is C15H31N. The van der Waals surface area contributed by atoms with E-state index < -0.39 is 0 Å². The molecule has 0 bridgehead atoms. The molecule has 1 heteroatoms. The van der Waals surface area contributed by atoms with Crippen LogP contribution in [0.25, 0.3) is 0 Å². The van der Waals surface area contributed by atoms with Crippen molar-refractivity contribution in [2.45, 2.75) is 90.6 Å². The van der Waals surface area contributed by atoms with Gasteiger partial charge in [-0.2, -0.15) is 0 Å². The number of hydrogen-bond donors (Lipinski definition) is 1. The molecule has 0 saturated heterocycles. The van der Waals surface area contributed by atoms with Crippen LogP contribution < -0.4 is 5.32 Å². The van der Waals surface area contributed by atoms with Gasteiger partial charge < -0.3 is 5.32 Å². The van der Waals surface area contributed by atoms with Crippen LogP contribution in [0.4, 0.5) is 0 Å². The van der Waals surface area contributed by atoms with E-state index in [2.05, 4.69) is 26.1 Å². The largest absolute Gasteiger partial charge is 0.311 e. The summed E-state index contributed by atoms with van der Waals surface area (Å²) < 4.78 is 0. The van der Waals surface area contributed by atoms with Crippen molar-refractivity contribution in [1.29, 1.82) is 0 Å². The van der Waals surface area contributed by atoms with E-state index in [1.807, 2.05) is 0 Å². The topological polar surface area (TPSA) is 12.0 Å². The summed E-state index contributed by atoms with van der Waals surface area (Å²) in [6.07, 6.45) is 12.5. The monoisotopic (exact) mass is 225 g/mol. The van der Waals surface area contributed by atoms with Crippen molar-refractivity contribution < 1.29 is 0 Å². The average Bonchev–Trinajstić information content (AvgIpc) is 2.45. The van der Waals surface area contributed by atoms with Crippen LogP contribution in [0.2, 0.25) is 0 Å². The number of nitrogens with one attached hydrogen (secondary N) is 1. The first-order valence-electron chi connectivity index (χ1n) is 7.52. The van der Waals surface area contributed by atoms with Gasteiger partial charge >= 0.3 is 0 Å². The van der Waals surface area contributed by atoms with Gasteiger partial charge in [0.15, 0.2) is 0 Å². The van der Waals surface area contributed by atoms with Crippen molar-refractivity contribution in [3.8, 4) is 0 Å². The SMILES string of the molecule is CCCC(CCC)NC1CCCC(C)CC1. The van der Waals surface area contributed by atoms with E-state index in [4.69, 9.17) is 0 Å². The fourth-order valence-corrected chi connectivity index (χ4v) is 3.00. The molecule has 16 heavy (non-hydrogen) atoms. The highest BCUT2D eigenvalue weighted by atomic mass is 14.9. The lowest BCUT2D eigenvalue weighted by Crippen LogP contribution is -2.38. The zero-order valence-corrected chi connectivity index (χ0v) is 11.6. The third-order valence-corrected chi connectivity index (χ3v) is 4.00. The van der Waals surface area contributed by atoms with Crippen LogP contribution in [0, 0.1) is 5.92 Å². The fourth-order valence-electron chi connectivity index (χ4n) is 3.00. The van der Waals surface area contributed by atoms with Crippen LogP contribution in [0.1, 0.15) is 78.6 Å². The van der Waals surface area contributed by atoms with Gasteiger partial charge in [0.2, 0.25) is 0 Å². The van der Waals surface area contributed by atoms with Gasteiger partial charge in [0.25, 0.3) is 0 Å². The summed E-state index contributed by atoms with van der Waals surface area (Å²) in [6.45, 7) is 7.02. The van der Waals surface area contributed by atoms with E-state index in [1.165, 1.54) is 57.8 Å². The van der Waals surface area contributed by atoms with Gasteiger partial charge in [-0.3, -0.25) is 0 Å². The smallest absolute Gasteiger partial charge is 0.00697 e. The molecule has 1 N–H and O–H groups in total. The molecule has 1 aliphatic carbocycles. The van der Waals surface area contributed by atoms with Crippen LogP contribution in [0.5, 0.6) is 0 Å². The molecule has 1 saturated carbocycles. The van der Waals surface area contributed by atoms with Crippen molar-refractivity contribution in [2.24, 2.45) is 5.92 Å². The first-order valence-corrected chi connectivity index (χ1v) is 7.52. The van der Waals surface area contributed by atoms with Crippen molar-refractivity contribution in [3.05, 3.63) is 0 Å². The zero-order chi connectivity index (χ0) is 11.8. The summed E-state index contributed by atoms with van der Waals surface area (Å²) in [6, 6.07) is 1.60. The lowest BCUT2D eigenvalue weighted by molar-refractivity contribution is 0.356. The maximum Gasteiger partial charge on any atom is 0.00697 e. The Morgan fingerprint density at radius 3 is 2.31 bits per heavy atom. The highest BCUT2D eigenvalue weighted by Gasteiger charge is 2.18. The standard InChI is InChI=1S/C15H31N/c1-4-7-14(8-5-2)16-15-10-6-9-13(3)11-12-15/h13-16H,4-12H2,1-3H3. The molecule has 0 aromatic rings. The second kappa shape index (κ2) is 8.11. The summed E-state index contributed by atoms with van der Waals surface area (Å²) >= 11 is 0. The summed E-state index contributed by atoms with van der Waals surface area (Å²) in [5.41, 5.74) is 0. The van der Waals surface area contributed by atoms with Crippen LogP contribution in [0.15, 0.2) is 0 Å². The van der Waals surface area contributed by atoms with Crippen LogP contribution >= 0.6 is 0 Å². The highest BCUT2D eigenvalue weighted by molar-refractivity contribution is 4.77. The Hall–Kier alpha value is -0.0400. The minimum Gasteiger partial charge on any atom is -0.311 e. The van der Waals surface area contributed by atoms with Gasteiger partial charge in [0.1, 0.15) is 0 Å². The van der Waals surface area contributed by atoms with Crippen LogP contribution in [-0.4, -0.2) is 12.1 Å². The minimum atomic E-state index is 0.786. The molecule has 0 heterocycles. The summed E-state index contributed by atoms with van der Waals surface area (Å²) in [5, 5.41) is 3.92. The third-order valence-electron chi connectivity index (χ3n) is 4.00. The summed E-state index contributed by atoms with van der Waals surface area (Å²) in [5.74, 6) is 0.961. The van der Waals surface area contributed by atoms with Gasteiger partial charge in [0.05, 0.1) is 0 Å². The van der Waals surface area contributed by atoms with E-state index >= 15 is 0 Å². The number of hydrogen-bond acceptors (Lipinski definition) is 1. The second-order valence-corrected chi connectivity index (χ2v) is 5.75. The van der Waals surface area contributed by atoms with Crippen molar-refractivity contribution in [2.75, 3.05) is 0 Å². The quantitative estimate of drug-likeness (QED) is 0.656. The van der Waals surface area contributed by atoms with E-state index in [0.717, 1.165) is 18.0 Å². The zero-order valence-electron chi connectivity index (χ0n) is 11.6. The molecule has 2 atom stereocenters. The highest BCUT2D eigenvalue weighted by Crippen LogP contribution is 2.23. The van der Waals surface area contributed by atoms with Crippen molar-refractivity contribution in [1.82, 2.24) is 5.32 Å². The maximum absolute atomic E-state index is 3.92. The molecule has 1 nitrogen and oxygen atoms in total. The number of rotatable bonds is 6. The average molecular weight is 225 g/mol. The first kappa shape index (κ1) is 14.0. The van der Waals surface area contributed by atoms with Crippen LogP contribution in [-0.2, 0) is 0 Å². The van der Waals surface area contributed by atoms with Crippen LogP contribution in [0.3, 0.4) is 0 Å². The summed E-state index contributed by atoms with van der Waals surface area (Å²) in [7, 11) is 0.